The summed E-state index contributed by atoms with van der Waals surface area (Å²) >= 11 is 1.44. The molecule has 6 nitrogen and oxygen atoms in total. The van der Waals surface area contributed by atoms with Gasteiger partial charge < -0.3 is 20.1 Å². The Labute approximate surface area is 121 Å². The average Bonchev–Trinajstić information content (AvgIpc) is 2.47. The Morgan fingerprint density at radius 3 is 2.85 bits per heavy atom. The SMILES string of the molecule is COc1ccc(NC(=O)C2CSCC(=O)N2)c(OC)c1. The largest absolute Gasteiger partial charge is 0.497 e. The molecule has 1 atom stereocenters. The number of methoxy groups -OCH3 is 2. The fourth-order valence-corrected chi connectivity index (χ4v) is 2.67. The van der Waals surface area contributed by atoms with E-state index in [9.17, 15) is 9.59 Å². The van der Waals surface area contributed by atoms with Crippen LogP contribution in [0.25, 0.3) is 0 Å². The summed E-state index contributed by atoms with van der Waals surface area (Å²) in [5.41, 5.74) is 0.545. The van der Waals surface area contributed by atoms with Crippen molar-refractivity contribution in [1.29, 1.82) is 0 Å². The summed E-state index contributed by atoms with van der Waals surface area (Å²) in [5.74, 6) is 1.73. The van der Waals surface area contributed by atoms with Crippen molar-refractivity contribution >= 4 is 29.3 Å². The van der Waals surface area contributed by atoms with Gasteiger partial charge in [0, 0.05) is 11.8 Å². The lowest BCUT2D eigenvalue weighted by Crippen LogP contribution is -2.49. The molecule has 20 heavy (non-hydrogen) atoms. The van der Waals surface area contributed by atoms with E-state index < -0.39 is 6.04 Å². The highest BCUT2D eigenvalue weighted by Crippen LogP contribution is 2.29. The molecule has 108 valence electrons. The van der Waals surface area contributed by atoms with Gasteiger partial charge in [0.25, 0.3) is 0 Å². The van der Waals surface area contributed by atoms with E-state index >= 15 is 0 Å². The number of anilines is 1. The second-order valence-corrected chi connectivity index (χ2v) is 5.22. The van der Waals surface area contributed by atoms with E-state index in [4.69, 9.17) is 9.47 Å². The molecule has 0 saturated carbocycles. The van der Waals surface area contributed by atoms with Crippen molar-refractivity contribution in [2.45, 2.75) is 6.04 Å². The van der Waals surface area contributed by atoms with E-state index in [1.165, 1.54) is 18.9 Å². The van der Waals surface area contributed by atoms with Crippen molar-refractivity contribution in [3.05, 3.63) is 18.2 Å². The van der Waals surface area contributed by atoms with E-state index in [1.807, 2.05) is 0 Å². The molecule has 1 aliphatic heterocycles. The molecule has 2 amide bonds. The zero-order valence-corrected chi connectivity index (χ0v) is 12.1. The van der Waals surface area contributed by atoms with Crippen molar-refractivity contribution in [3.8, 4) is 11.5 Å². The van der Waals surface area contributed by atoms with Gasteiger partial charge in [-0.1, -0.05) is 0 Å². The van der Waals surface area contributed by atoms with Crippen LogP contribution >= 0.6 is 11.8 Å². The van der Waals surface area contributed by atoms with E-state index in [0.29, 0.717) is 28.7 Å². The number of rotatable bonds is 4. The third kappa shape index (κ3) is 3.36. The molecule has 1 fully saturated rings. The zero-order valence-electron chi connectivity index (χ0n) is 11.3. The predicted octanol–water partition coefficient (Wildman–Crippen LogP) is 0.874. The summed E-state index contributed by atoms with van der Waals surface area (Å²) < 4.78 is 10.3. The van der Waals surface area contributed by atoms with Gasteiger partial charge in [-0.05, 0) is 12.1 Å². The van der Waals surface area contributed by atoms with Gasteiger partial charge in [0.1, 0.15) is 17.5 Å². The number of nitrogens with one attached hydrogen (secondary N) is 2. The van der Waals surface area contributed by atoms with E-state index in [0.717, 1.165) is 0 Å². The highest BCUT2D eigenvalue weighted by molar-refractivity contribution is 8.00. The van der Waals surface area contributed by atoms with Crippen LogP contribution < -0.4 is 20.1 Å². The first-order valence-electron chi connectivity index (χ1n) is 6.04. The Hall–Kier alpha value is -1.89. The summed E-state index contributed by atoms with van der Waals surface area (Å²) in [7, 11) is 3.07. The van der Waals surface area contributed by atoms with Crippen molar-refractivity contribution in [3.63, 3.8) is 0 Å². The molecule has 2 rings (SSSR count). The standard InChI is InChI=1S/C13H16N2O4S/c1-18-8-3-4-9(11(5-8)19-2)15-13(17)10-6-20-7-12(16)14-10/h3-5,10H,6-7H2,1-2H3,(H,14,16)(H,15,17). The molecular weight excluding hydrogens is 280 g/mol. The van der Waals surface area contributed by atoms with Crippen LogP contribution in [0.1, 0.15) is 0 Å². The molecule has 1 saturated heterocycles. The zero-order chi connectivity index (χ0) is 14.5. The van der Waals surface area contributed by atoms with E-state index in [2.05, 4.69) is 10.6 Å². The Bertz CT molecular complexity index is 521. The molecule has 1 aromatic carbocycles. The highest BCUT2D eigenvalue weighted by Gasteiger charge is 2.25. The Morgan fingerprint density at radius 1 is 1.40 bits per heavy atom. The summed E-state index contributed by atoms with van der Waals surface area (Å²) in [6, 6.07) is 4.59. The minimum absolute atomic E-state index is 0.122. The molecule has 2 N–H and O–H groups in total. The van der Waals surface area contributed by atoms with Crippen LogP contribution in [-0.4, -0.2) is 43.6 Å². The molecule has 7 heteroatoms. The predicted molar refractivity (Wildman–Crippen MR) is 77.4 cm³/mol. The maximum absolute atomic E-state index is 12.1. The fourth-order valence-electron chi connectivity index (χ4n) is 1.81. The number of thioether (sulfide) groups is 1. The smallest absolute Gasteiger partial charge is 0.247 e. The molecule has 1 aromatic rings. The summed E-state index contributed by atoms with van der Waals surface area (Å²) in [6.07, 6.45) is 0. The number of carbonyl (C=O) groups is 2. The fraction of sp³-hybridized carbons (Fsp3) is 0.385. The number of ether oxygens (including phenoxy) is 2. The van der Waals surface area contributed by atoms with Crippen LogP contribution in [0.3, 0.4) is 0 Å². The Morgan fingerprint density at radius 2 is 2.20 bits per heavy atom. The van der Waals surface area contributed by atoms with Crippen LogP contribution in [0, 0.1) is 0 Å². The summed E-state index contributed by atoms with van der Waals surface area (Å²) in [5, 5.41) is 5.41. The van der Waals surface area contributed by atoms with Gasteiger partial charge in [0.15, 0.2) is 0 Å². The van der Waals surface area contributed by atoms with Crippen molar-refractivity contribution in [2.75, 3.05) is 31.0 Å². The third-order valence-corrected chi connectivity index (χ3v) is 3.87. The third-order valence-electron chi connectivity index (χ3n) is 2.84. The summed E-state index contributed by atoms with van der Waals surface area (Å²) in [4.78, 5) is 23.4. The second kappa shape index (κ2) is 6.51. The minimum atomic E-state index is -0.520. The number of hydrogen-bond acceptors (Lipinski definition) is 5. The van der Waals surface area contributed by atoms with Crippen LogP contribution in [0.4, 0.5) is 5.69 Å². The van der Waals surface area contributed by atoms with Crippen molar-refractivity contribution in [1.82, 2.24) is 5.32 Å². The Balaban J connectivity index is 2.09. The topological polar surface area (TPSA) is 76.7 Å². The van der Waals surface area contributed by atoms with Gasteiger partial charge in [-0.25, -0.2) is 0 Å². The van der Waals surface area contributed by atoms with Gasteiger partial charge >= 0.3 is 0 Å². The molecule has 1 heterocycles. The molecule has 0 radical (unpaired) electrons. The second-order valence-electron chi connectivity index (χ2n) is 4.19. The maximum atomic E-state index is 12.1. The van der Waals surface area contributed by atoms with Crippen LogP contribution in [0.2, 0.25) is 0 Å². The molecule has 0 aliphatic carbocycles. The molecule has 1 unspecified atom stereocenters. The lowest BCUT2D eigenvalue weighted by atomic mass is 10.2. The lowest BCUT2D eigenvalue weighted by Gasteiger charge is -2.22. The average molecular weight is 296 g/mol. The lowest BCUT2D eigenvalue weighted by molar-refractivity contribution is -0.124. The van der Waals surface area contributed by atoms with Gasteiger partial charge in [-0.3, -0.25) is 9.59 Å². The number of hydrogen-bond donors (Lipinski definition) is 2. The van der Waals surface area contributed by atoms with Crippen molar-refractivity contribution < 1.29 is 19.1 Å². The monoisotopic (exact) mass is 296 g/mol. The summed E-state index contributed by atoms with van der Waals surface area (Å²) in [6.45, 7) is 0. The first-order valence-corrected chi connectivity index (χ1v) is 7.19. The first kappa shape index (κ1) is 14.5. The van der Waals surface area contributed by atoms with Crippen molar-refractivity contribution in [2.24, 2.45) is 0 Å². The highest BCUT2D eigenvalue weighted by atomic mass is 32.2. The number of carbonyl (C=O) groups excluding carboxylic acids is 2. The number of benzene rings is 1. The van der Waals surface area contributed by atoms with E-state index in [-0.39, 0.29) is 11.8 Å². The first-order chi connectivity index (χ1) is 9.63. The van der Waals surface area contributed by atoms with Gasteiger partial charge in [0.2, 0.25) is 11.8 Å². The van der Waals surface area contributed by atoms with Gasteiger partial charge in [-0.2, -0.15) is 0 Å². The van der Waals surface area contributed by atoms with Gasteiger partial charge in [-0.15, -0.1) is 11.8 Å². The molecule has 1 aliphatic rings. The quantitative estimate of drug-likeness (QED) is 0.862. The molecule has 0 aromatic heterocycles. The Kier molecular flexibility index (Phi) is 4.73. The van der Waals surface area contributed by atoms with Crippen LogP contribution in [0.15, 0.2) is 18.2 Å². The van der Waals surface area contributed by atoms with Crippen LogP contribution in [0.5, 0.6) is 11.5 Å². The normalized spacial score (nSPS) is 18.1. The molecule has 0 spiro atoms. The van der Waals surface area contributed by atoms with Gasteiger partial charge in [0.05, 0.1) is 25.7 Å². The van der Waals surface area contributed by atoms with Crippen LogP contribution in [-0.2, 0) is 9.59 Å². The maximum Gasteiger partial charge on any atom is 0.247 e. The minimum Gasteiger partial charge on any atom is -0.497 e. The molecule has 0 bridgehead atoms. The number of amides is 2. The molecular formula is C13H16N2O4S. The van der Waals surface area contributed by atoms with E-state index in [1.54, 1.807) is 25.3 Å².